The van der Waals surface area contributed by atoms with Gasteiger partial charge in [-0.2, -0.15) is 0 Å². The molecule has 3 aromatic rings. The average Bonchev–Trinajstić information content (AvgIpc) is 3.19. The number of imide groups is 1. The van der Waals surface area contributed by atoms with Gasteiger partial charge in [0.25, 0.3) is 5.91 Å². The number of carbonyl (C=O) groups is 3. The summed E-state index contributed by atoms with van der Waals surface area (Å²) in [5.41, 5.74) is 0.369. The van der Waals surface area contributed by atoms with Crippen molar-refractivity contribution >= 4 is 29.3 Å². The fourth-order valence-electron chi connectivity index (χ4n) is 4.14. The van der Waals surface area contributed by atoms with Gasteiger partial charge < -0.3 is 9.88 Å². The van der Waals surface area contributed by atoms with E-state index in [0.717, 1.165) is 17.0 Å². The van der Waals surface area contributed by atoms with Crippen LogP contribution >= 0.6 is 11.6 Å². The fraction of sp³-hybridized carbons (Fsp3) is 0.208. The Bertz CT molecular complexity index is 1370. The normalized spacial score (nSPS) is 17.9. The number of ketones is 1. The molecule has 6 nitrogen and oxygen atoms in total. The number of benzene rings is 2. The van der Waals surface area contributed by atoms with Gasteiger partial charge in [-0.1, -0.05) is 17.7 Å². The lowest BCUT2D eigenvalue weighted by atomic mass is 9.92. The van der Waals surface area contributed by atoms with E-state index in [9.17, 15) is 27.6 Å². The van der Waals surface area contributed by atoms with Crippen LogP contribution in [0, 0.1) is 31.3 Å². The van der Waals surface area contributed by atoms with Gasteiger partial charge in [0.05, 0.1) is 11.6 Å². The maximum atomic E-state index is 13.7. The number of rotatable bonds is 5. The summed E-state index contributed by atoms with van der Waals surface area (Å²) in [7, 11) is 0. The van der Waals surface area contributed by atoms with Crippen LogP contribution in [0.2, 0.25) is 5.02 Å². The molecule has 4 rings (SSSR count). The van der Waals surface area contributed by atoms with Crippen LogP contribution in [0.4, 0.5) is 18.0 Å². The summed E-state index contributed by atoms with van der Waals surface area (Å²) < 4.78 is 42.3. The predicted octanol–water partition coefficient (Wildman–Crippen LogP) is 4.81. The molecular weight excluding hydrogens is 471 g/mol. The number of halogens is 4. The van der Waals surface area contributed by atoms with Gasteiger partial charge in [0.2, 0.25) is 0 Å². The first-order valence-corrected chi connectivity index (χ1v) is 10.6. The van der Waals surface area contributed by atoms with E-state index in [1.54, 1.807) is 24.5 Å². The third kappa shape index (κ3) is 3.75. The molecule has 3 amide bonds. The average molecular weight is 490 g/mol. The number of hydrogen-bond acceptors (Lipinski definition) is 3. The number of carbonyl (C=O) groups excluding carboxylic acids is 3. The number of amides is 3. The highest BCUT2D eigenvalue weighted by molar-refractivity contribution is 6.30. The molecular formula is C24H19ClF3N3O3. The van der Waals surface area contributed by atoms with Crippen LogP contribution in [0.25, 0.3) is 5.69 Å². The summed E-state index contributed by atoms with van der Waals surface area (Å²) in [5, 5.41) is 2.38. The zero-order chi connectivity index (χ0) is 24.9. The van der Waals surface area contributed by atoms with Gasteiger partial charge in [-0.3, -0.25) is 14.5 Å². The van der Waals surface area contributed by atoms with Crippen molar-refractivity contribution in [3.8, 4) is 5.69 Å². The molecule has 0 radical (unpaired) electrons. The van der Waals surface area contributed by atoms with Gasteiger partial charge in [0.15, 0.2) is 17.4 Å². The van der Waals surface area contributed by atoms with E-state index in [2.05, 4.69) is 5.32 Å². The molecule has 0 spiro atoms. The maximum Gasteiger partial charge on any atom is 0.325 e. The Morgan fingerprint density at radius 3 is 2.32 bits per heavy atom. The van der Waals surface area contributed by atoms with Crippen molar-refractivity contribution in [3.05, 3.63) is 87.5 Å². The molecule has 1 aromatic heterocycles. The quantitative estimate of drug-likeness (QED) is 0.413. The van der Waals surface area contributed by atoms with Gasteiger partial charge in [-0.25, -0.2) is 18.0 Å². The maximum absolute atomic E-state index is 13.7. The largest absolute Gasteiger partial charge is 0.325 e. The molecule has 1 aliphatic rings. The number of aromatic nitrogens is 1. The highest BCUT2D eigenvalue weighted by Crippen LogP contribution is 2.31. The molecule has 1 fully saturated rings. The Kier molecular flexibility index (Phi) is 5.77. The van der Waals surface area contributed by atoms with Crippen LogP contribution in [0.3, 0.4) is 0 Å². The van der Waals surface area contributed by atoms with Crippen molar-refractivity contribution in [2.24, 2.45) is 0 Å². The van der Waals surface area contributed by atoms with E-state index in [1.807, 2.05) is 0 Å². The molecule has 34 heavy (non-hydrogen) atoms. The van der Waals surface area contributed by atoms with Gasteiger partial charge in [-0.05, 0) is 62.7 Å². The summed E-state index contributed by atoms with van der Waals surface area (Å²) in [6.45, 7) is 4.22. The minimum absolute atomic E-state index is 0.0473. The molecule has 1 N–H and O–H groups in total. The van der Waals surface area contributed by atoms with Crippen molar-refractivity contribution in [3.63, 3.8) is 0 Å². The Labute approximate surface area is 197 Å². The van der Waals surface area contributed by atoms with Crippen LogP contribution < -0.4 is 5.32 Å². The summed E-state index contributed by atoms with van der Waals surface area (Å²) in [6, 6.07) is 7.82. The second-order valence-electron chi connectivity index (χ2n) is 8.22. The molecule has 1 saturated heterocycles. The lowest BCUT2D eigenvalue weighted by molar-refractivity contribution is -0.130. The monoisotopic (exact) mass is 489 g/mol. The number of nitrogens with one attached hydrogen (secondary N) is 1. The highest BCUT2D eigenvalue weighted by Gasteiger charge is 2.49. The van der Waals surface area contributed by atoms with Crippen molar-refractivity contribution < 1.29 is 27.6 Å². The molecule has 176 valence electrons. The van der Waals surface area contributed by atoms with Gasteiger partial charge in [0.1, 0.15) is 11.4 Å². The van der Waals surface area contributed by atoms with Crippen molar-refractivity contribution in [1.29, 1.82) is 0 Å². The molecule has 0 bridgehead atoms. The molecule has 2 heterocycles. The van der Waals surface area contributed by atoms with Gasteiger partial charge >= 0.3 is 6.03 Å². The predicted molar refractivity (Wildman–Crippen MR) is 118 cm³/mol. The van der Waals surface area contributed by atoms with Gasteiger partial charge in [-0.15, -0.1) is 0 Å². The Hall–Kier alpha value is -3.59. The number of Topliss-reactive ketones (excluding diaryl/α,β-unsaturated/α-hetero) is 1. The summed E-state index contributed by atoms with van der Waals surface area (Å²) >= 11 is 5.89. The Morgan fingerprint density at radius 2 is 1.68 bits per heavy atom. The number of urea groups is 1. The molecule has 1 aliphatic heterocycles. The highest BCUT2D eigenvalue weighted by atomic mass is 35.5. The van der Waals surface area contributed by atoms with Crippen LogP contribution in [-0.4, -0.2) is 33.7 Å². The first kappa shape index (κ1) is 23.6. The number of nitrogens with zero attached hydrogens (tertiary/aromatic N) is 2. The van der Waals surface area contributed by atoms with E-state index >= 15 is 0 Å². The zero-order valence-electron chi connectivity index (χ0n) is 18.4. The second kappa shape index (κ2) is 8.32. The minimum atomic E-state index is -1.66. The smallest absolute Gasteiger partial charge is 0.319 e. The lowest BCUT2D eigenvalue weighted by Gasteiger charge is -2.22. The Morgan fingerprint density at radius 1 is 1.00 bits per heavy atom. The van der Waals surface area contributed by atoms with Crippen molar-refractivity contribution in [2.45, 2.75) is 26.3 Å². The lowest BCUT2D eigenvalue weighted by Crippen LogP contribution is -2.41. The SMILES string of the molecule is Cc1cc(C(=O)CN2C(=O)NC(C)(c3ccc(F)c(F)c3)C2=O)c(C)n1-c1ccc(F)c(Cl)c1. The molecule has 10 heteroatoms. The van der Waals surface area contributed by atoms with Crippen molar-refractivity contribution in [1.82, 2.24) is 14.8 Å². The Balaban J connectivity index is 1.62. The van der Waals surface area contributed by atoms with Gasteiger partial charge in [0, 0.05) is 22.6 Å². The van der Waals surface area contributed by atoms with E-state index < -0.39 is 47.3 Å². The van der Waals surface area contributed by atoms with E-state index in [1.165, 1.54) is 31.2 Å². The summed E-state index contributed by atoms with van der Waals surface area (Å²) in [6.07, 6.45) is 0. The first-order valence-electron chi connectivity index (χ1n) is 10.2. The standard InChI is InChI=1S/C24H19ClF3N3O3/c1-12-8-16(13(2)31(12)15-5-7-18(26)17(25)10-15)21(32)11-30-22(33)24(3,29-23(30)34)14-4-6-19(27)20(28)9-14/h4-10H,11H2,1-3H3,(H,29,34). The molecule has 0 saturated carbocycles. The van der Waals surface area contributed by atoms with E-state index in [4.69, 9.17) is 11.6 Å². The second-order valence-corrected chi connectivity index (χ2v) is 8.62. The van der Waals surface area contributed by atoms with Crippen molar-refractivity contribution in [2.75, 3.05) is 6.54 Å². The molecule has 2 aromatic carbocycles. The van der Waals surface area contributed by atoms with Crippen LogP contribution in [0.5, 0.6) is 0 Å². The summed E-state index contributed by atoms with van der Waals surface area (Å²) in [4.78, 5) is 39.5. The zero-order valence-corrected chi connectivity index (χ0v) is 19.1. The van der Waals surface area contributed by atoms with Crippen LogP contribution in [0.1, 0.15) is 34.2 Å². The van der Waals surface area contributed by atoms with Crippen LogP contribution in [-0.2, 0) is 10.3 Å². The fourth-order valence-corrected chi connectivity index (χ4v) is 4.31. The molecule has 0 aliphatic carbocycles. The third-order valence-electron chi connectivity index (χ3n) is 5.97. The topological polar surface area (TPSA) is 71.4 Å². The minimum Gasteiger partial charge on any atom is -0.319 e. The summed E-state index contributed by atoms with van der Waals surface area (Å²) in [5.74, 6) is -4.11. The van der Waals surface area contributed by atoms with Crippen LogP contribution in [0.15, 0.2) is 42.5 Å². The first-order chi connectivity index (χ1) is 15.9. The number of hydrogen-bond donors (Lipinski definition) is 1. The third-order valence-corrected chi connectivity index (χ3v) is 6.26. The van der Waals surface area contributed by atoms with E-state index in [-0.39, 0.29) is 16.1 Å². The number of aryl methyl sites for hydroxylation is 1. The molecule has 1 atom stereocenters. The molecule has 1 unspecified atom stereocenters. The van der Waals surface area contributed by atoms with E-state index in [0.29, 0.717) is 17.1 Å².